The summed E-state index contributed by atoms with van der Waals surface area (Å²) in [7, 11) is 1.96. The first kappa shape index (κ1) is 13.1. The molecule has 0 aromatic carbocycles. The number of ether oxygens (including phenoxy) is 1. The SMILES string of the molecule is Cn1nccc1CN1CCO[C@@H](c2cccc(N)n2)C1. The molecule has 0 saturated carbocycles. The Morgan fingerprint density at radius 2 is 2.30 bits per heavy atom. The summed E-state index contributed by atoms with van der Waals surface area (Å²) in [5.74, 6) is 0.537. The van der Waals surface area contributed by atoms with Crippen LogP contribution in [0.2, 0.25) is 0 Å². The second-order valence-electron chi connectivity index (χ2n) is 5.03. The van der Waals surface area contributed by atoms with Gasteiger partial charge < -0.3 is 10.5 Å². The molecule has 106 valence electrons. The number of hydrogen-bond donors (Lipinski definition) is 1. The van der Waals surface area contributed by atoms with Gasteiger partial charge in [-0.15, -0.1) is 0 Å². The number of morpholine rings is 1. The number of rotatable bonds is 3. The highest BCUT2D eigenvalue weighted by Gasteiger charge is 2.23. The summed E-state index contributed by atoms with van der Waals surface area (Å²) in [6.07, 6.45) is 1.81. The third kappa shape index (κ3) is 2.81. The zero-order valence-corrected chi connectivity index (χ0v) is 11.6. The molecule has 0 spiro atoms. The summed E-state index contributed by atoms with van der Waals surface area (Å²) in [4.78, 5) is 6.71. The lowest BCUT2D eigenvalue weighted by molar-refractivity contribution is -0.0355. The number of hydrogen-bond acceptors (Lipinski definition) is 5. The minimum Gasteiger partial charge on any atom is -0.384 e. The van der Waals surface area contributed by atoms with Crippen LogP contribution in [0.25, 0.3) is 0 Å². The Hall–Kier alpha value is -1.92. The molecule has 1 atom stereocenters. The molecular weight excluding hydrogens is 254 g/mol. The highest BCUT2D eigenvalue weighted by atomic mass is 16.5. The van der Waals surface area contributed by atoms with Crippen LogP contribution in [0.3, 0.4) is 0 Å². The molecule has 2 aromatic heterocycles. The molecule has 1 aliphatic heterocycles. The van der Waals surface area contributed by atoms with Crippen LogP contribution < -0.4 is 5.73 Å². The molecule has 3 rings (SSSR count). The topological polar surface area (TPSA) is 69.2 Å². The lowest BCUT2D eigenvalue weighted by atomic mass is 10.2. The van der Waals surface area contributed by atoms with Crippen LogP contribution in [-0.4, -0.2) is 39.4 Å². The molecule has 0 amide bonds. The molecule has 6 heteroatoms. The average Bonchev–Trinajstić information content (AvgIpc) is 2.85. The fourth-order valence-electron chi connectivity index (χ4n) is 2.46. The van der Waals surface area contributed by atoms with Gasteiger partial charge in [-0.05, 0) is 18.2 Å². The Bertz CT molecular complexity index is 582. The molecule has 3 heterocycles. The minimum atomic E-state index is -0.0134. The maximum Gasteiger partial charge on any atom is 0.123 e. The van der Waals surface area contributed by atoms with Gasteiger partial charge in [-0.3, -0.25) is 9.58 Å². The van der Waals surface area contributed by atoms with E-state index in [9.17, 15) is 0 Å². The molecule has 0 unspecified atom stereocenters. The summed E-state index contributed by atoms with van der Waals surface area (Å²) < 4.78 is 7.72. The summed E-state index contributed by atoms with van der Waals surface area (Å²) in [5, 5.41) is 4.20. The zero-order valence-electron chi connectivity index (χ0n) is 11.6. The van der Waals surface area contributed by atoms with E-state index in [1.165, 1.54) is 5.69 Å². The van der Waals surface area contributed by atoms with E-state index < -0.39 is 0 Å². The molecule has 1 saturated heterocycles. The Labute approximate surface area is 118 Å². The van der Waals surface area contributed by atoms with Crippen molar-refractivity contribution in [2.24, 2.45) is 7.05 Å². The Morgan fingerprint density at radius 1 is 1.40 bits per heavy atom. The molecule has 20 heavy (non-hydrogen) atoms. The number of nitrogen functional groups attached to an aromatic ring is 1. The summed E-state index contributed by atoms with van der Waals surface area (Å²) in [6, 6.07) is 7.72. The van der Waals surface area contributed by atoms with Crippen molar-refractivity contribution in [2.75, 3.05) is 25.4 Å². The van der Waals surface area contributed by atoms with E-state index in [4.69, 9.17) is 10.5 Å². The first-order valence-corrected chi connectivity index (χ1v) is 6.75. The van der Waals surface area contributed by atoms with E-state index in [0.29, 0.717) is 12.4 Å². The number of nitrogens with two attached hydrogens (primary N) is 1. The maximum atomic E-state index is 5.82. The Balaban J connectivity index is 1.69. The van der Waals surface area contributed by atoms with E-state index >= 15 is 0 Å². The lowest BCUT2D eigenvalue weighted by Gasteiger charge is -2.32. The van der Waals surface area contributed by atoms with E-state index in [-0.39, 0.29) is 6.10 Å². The van der Waals surface area contributed by atoms with E-state index in [2.05, 4.69) is 15.0 Å². The third-order valence-electron chi connectivity index (χ3n) is 3.58. The van der Waals surface area contributed by atoms with Crippen LogP contribution >= 0.6 is 0 Å². The Kier molecular flexibility index (Phi) is 3.66. The normalized spacial score (nSPS) is 20.1. The van der Waals surface area contributed by atoms with Gasteiger partial charge in [-0.1, -0.05) is 6.07 Å². The average molecular weight is 273 g/mol. The van der Waals surface area contributed by atoms with Crippen molar-refractivity contribution >= 4 is 5.82 Å². The van der Waals surface area contributed by atoms with Gasteiger partial charge in [0.1, 0.15) is 11.9 Å². The van der Waals surface area contributed by atoms with Crippen molar-refractivity contribution in [2.45, 2.75) is 12.6 Å². The van der Waals surface area contributed by atoms with Gasteiger partial charge in [0.25, 0.3) is 0 Å². The van der Waals surface area contributed by atoms with E-state index in [0.717, 1.165) is 25.3 Å². The number of nitrogens with zero attached hydrogens (tertiary/aromatic N) is 4. The van der Waals surface area contributed by atoms with Gasteiger partial charge in [0, 0.05) is 32.9 Å². The summed E-state index contributed by atoms with van der Waals surface area (Å²) >= 11 is 0. The summed E-state index contributed by atoms with van der Waals surface area (Å²) in [5.41, 5.74) is 7.84. The second-order valence-corrected chi connectivity index (χ2v) is 5.03. The summed E-state index contributed by atoms with van der Waals surface area (Å²) in [6.45, 7) is 3.32. The third-order valence-corrected chi connectivity index (χ3v) is 3.58. The molecule has 2 N–H and O–H groups in total. The van der Waals surface area contributed by atoms with Crippen LogP contribution in [0.4, 0.5) is 5.82 Å². The number of aryl methyl sites for hydroxylation is 1. The second kappa shape index (κ2) is 5.60. The predicted octanol–water partition coefficient (Wildman–Crippen LogP) is 0.971. The van der Waals surface area contributed by atoms with Gasteiger partial charge in [0.2, 0.25) is 0 Å². The minimum absolute atomic E-state index is 0.0134. The van der Waals surface area contributed by atoms with Crippen LogP contribution in [0.1, 0.15) is 17.5 Å². The van der Waals surface area contributed by atoms with Crippen molar-refractivity contribution in [3.05, 3.63) is 41.9 Å². The van der Waals surface area contributed by atoms with Crippen LogP contribution in [-0.2, 0) is 18.3 Å². The maximum absolute atomic E-state index is 5.82. The smallest absolute Gasteiger partial charge is 0.123 e. The largest absolute Gasteiger partial charge is 0.384 e. The first-order chi connectivity index (χ1) is 9.72. The van der Waals surface area contributed by atoms with Crippen molar-refractivity contribution in [3.8, 4) is 0 Å². The fourth-order valence-corrected chi connectivity index (χ4v) is 2.46. The molecule has 0 radical (unpaired) electrons. The standard InChI is InChI=1S/C14H19N5O/c1-18-11(5-6-16-18)9-19-7-8-20-13(10-19)12-3-2-4-14(15)17-12/h2-6,13H,7-10H2,1H3,(H2,15,17)/t13-/m1/s1. The van der Waals surface area contributed by atoms with E-state index in [1.54, 1.807) is 6.07 Å². The molecule has 0 aliphatic carbocycles. The van der Waals surface area contributed by atoms with Gasteiger partial charge >= 0.3 is 0 Å². The van der Waals surface area contributed by atoms with Gasteiger partial charge in [0.15, 0.2) is 0 Å². The fraction of sp³-hybridized carbons (Fsp3) is 0.429. The first-order valence-electron chi connectivity index (χ1n) is 6.75. The van der Waals surface area contributed by atoms with Crippen LogP contribution in [0.5, 0.6) is 0 Å². The van der Waals surface area contributed by atoms with Crippen LogP contribution in [0.15, 0.2) is 30.5 Å². The monoisotopic (exact) mass is 273 g/mol. The molecule has 0 bridgehead atoms. The van der Waals surface area contributed by atoms with Crippen molar-refractivity contribution < 1.29 is 4.74 Å². The highest BCUT2D eigenvalue weighted by Crippen LogP contribution is 2.22. The van der Waals surface area contributed by atoms with Crippen molar-refractivity contribution in [1.29, 1.82) is 0 Å². The van der Waals surface area contributed by atoms with Gasteiger partial charge in [0.05, 0.1) is 18.0 Å². The lowest BCUT2D eigenvalue weighted by Crippen LogP contribution is -2.38. The highest BCUT2D eigenvalue weighted by molar-refractivity contribution is 5.29. The molecule has 1 aliphatic rings. The van der Waals surface area contributed by atoms with Gasteiger partial charge in [-0.25, -0.2) is 4.98 Å². The molecular formula is C14H19N5O. The number of aromatic nitrogens is 3. The van der Waals surface area contributed by atoms with Crippen molar-refractivity contribution in [1.82, 2.24) is 19.7 Å². The number of anilines is 1. The Morgan fingerprint density at radius 3 is 3.05 bits per heavy atom. The zero-order chi connectivity index (χ0) is 13.9. The number of pyridine rings is 1. The quantitative estimate of drug-likeness (QED) is 0.902. The predicted molar refractivity (Wildman–Crippen MR) is 75.8 cm³/mol. The molecule has 2 aromatic rings. The van der Waals surface area contributed by atoms with E-state index in [1.807, 2.05) is 36.1 Å². The van der Waals surface area contributed by atoms with Gasteiger partial charge in [-0.2, -0.15) is 5.10 Å². The molecule has 6 nitrogen and oxygen atoms in total. The van der Waals surface area contributed by atoms with Crippen LogP contribution in [0, 0.1) is 0 Å². The molecule has 1 fully saturated rings. The van der Waals surface area contributed by atoms with Crippen molar-refractivity contribution in [3.63, 3.8) is 0 Å².